The molecule has 0 radical (unpaired) electrons. The Hall–Kier alpha value is -3.27. The molecule has 10 nitrogen and oxygen atoms in total. The topological polar surface area (TPSA) is 124 Å². The first-order valence-corrected chi connectivity index (χ1v) is 12.8. The molecule has 2 atom stereocenters. The zero-order valence-corrected chi connectivity index (χ0v) is 20.7. The summed E-state index contributed by atoms with van der Waals surface area (Å²) < 4.78 is 16.3. The van der Waals surface area contributed by atoms with Crippen LogP contribution in [0, 0.1) is 5.92 Å². The zero-order chi connectivity index (χ0) is 25.3. The molecule has 0 unspecified atom stereocenters. The summed E-state index contributed by atoms with van der Waals surface area (Å²) >= 11 is 0. The Morgan fingerprint density at radius 2 is 1.83 bits per heavy atom. The van der Waals surface area contributed by atoms with Crippen LogP contribution in [0.5, 0.6) is 0 Å². The largest absolute Gasteiger partial charge is 0.436 e. The van der Waals surface area contributed by atoms with Gasteiger partial charge in [0.25, 0.3) is 11.8 Å². The first-order chi connectivity index (χ1) is 17.5. The van der Waals surface area contributed by atoms with Crippen molar-refractivity contribution in [3.05, 3.63) is 36.2 Å². The normalized spacial score (nSPS) is 18.3. The lowest BCUT2D eigenvalue weighted by Gasteiger charge is -2.32. The lowest BCUT2D eigenvalue weighted by Crippen LogP contribution is -2.49. The fraction of sp³-hybridized carbons (Fsp3) is 0.577. The Morgan fingerprint density at radius 3 is 2.53 bits per heavy atom. The predicted molar refractivity (Wildman–Crippen MR) is 130 cm³/mol. The molecule has 2 fully saturated rings. The van der Waals surface area contributed by atoms with Gasteiger partial charge in [-0.15, -0.1) is 0 Å². The van der Waals surface area contributed by atoms with E-state index in [1.54, 1.807) is 24.0 Å². The van der Waals surface area contributed by atoms with Crippen LogP contribution in [0.1, 0.15) is 62.5 Å². The van der Waals surface area contributed by atoms with Gasteiger partial charge in [-0.3, -0.25) is 9.59 Å². The van der Waals surface area contributed by atoms with Crippen molar-refractivity contribution in [2.75, 3.05) is 26.3 Å². The second-order valence-electron chi connectivity index (χ2n) is 9.33. The molecule has 1 aliphatic carbocycles. The highest BCUT2D eigenvalue weighted by Gasteiger charge is 2.33. The first kappa shape index (κ1) is 25.8. The number of benzene rings is 1. The van der Waals surface area contributed by atoms with E-state index < -0.39 is 24.0 Å². The molecular weight excluding hydrogens is 464 g/mol. The van der Waals surface area contributed by atoms with Gasteiger partial charge in [0.15, 0.2) is 6.10 Å². The molecule has 0 spiro atoms. The molecule has 2 aromatic rings. The van der Waals surface area contributed by atoms with Gasteiger partial charge in [-0.1, -0.05) is 62.4 Å². The number of rotatable bonds is 9. The lowest BCUT2D eigenvalue weighted by molar-refractivity contribution is -0.145. The third kappa shape index (κ3) is 6.69. The highest BCUT2D eigenvalue weighted by molar-refractivity contribution is 5.98. The smallest absolute Gasteiger partial charge is 0.408 e. The molecule has 36 heavy (non-hydrogen) atoms. The van der Waals surface area contributed by atoms with Crippen LogP contribution in [0.4, 0.5) is 4.79 Å². The summed E-state index contributed by atoms with van der Waals surface area (Å²) in [6.07, 6.45) is 4.58. The van der Waals surface area contributed by atoms with Gasteiger partial charge in [-0.25, -0.2) is 4.79 Å². The minimum absolute atomic E-state index is 0.121. The second-order valence-corrected chi connectivity index (χ2v) is 9.33. The van der Waals surface area contributed by atoms with Crippen molar-refractivity contribution in [3.8, 4) is 11.5 Å². The SMILES string of the molecule is CC[C@H](NC(=O)O[C@@H](CC1CCCCC1)C(=O)N1CCOCC1)C(=O)c1noc(-c2ccccc2)n1. The number of amides is 2. The summed E-state index contributed by atoms with van der Waals surface area (Å²) in [4.78, 5) is 45.0. The number of carbonyl (C=O) groups is 3. The van der Waals surface area contributed by atoms with Crippen molar-refractivity contribution in [2.45, 2.75) is 64.0 Å². The molecule has 10 heteroatoms. The Labute approximate surface area is 210 Å². The van der Waals surface area contributed by atoms with Crippen molar-refractivity contribution < 1.29 is 28.4 Å². The molecule has 1 aliphatic heterocycles. The molecule has 1 N–H and O–H groups in total. The number of hydrogen-bond acceptors (Lipinski definition) is 8. The van der Waals surface area contributed by atoms with Gasteiger partial charge in [0.05, 0.1) is 19.3 Å². The van der Waals surface area contributed by atoms with E-state index >= 15 is 0 Å². The first-order valence-electron chi connectivity index (χ1n) is 12.8. The average Bonchev–Trinajstić information content (AvgIpc) is 3.43. The van der Waals surface area contributed by atoms with Crippen LogP contribution >= 0.6 is 0 Å². The number of ketones is 1. The molecule has 2 heterocycles. The maximum Gasteiger partial charge on any atom is 0.408 e. The van der Waals surface area contributed by atoms with Crippen molar-refractivity contribution >= 4 is 17.8 Å². The zero-order valence-electron chi connectivity index (χ0n) is 20.7. The van der Waals surface area contributed by atoms with E-state index in [9.17, 15) is 14.4 Å². The van der Waals surface area contributed by atoms with E-state index in [0.29, 0.717) is 50.6 Å². The third-order valence-electron chi connectivity index (χ3n) is 6.80. The molecule has 1 saturated carbocycles. The maximum absolute atomic E-state index is 13.2. The van der Waals surface area contributed by atoms with Gasteiger partial charge in [-0.2, -0.15) is 4.98 Å². The average molecular weight is 499 g/mol. The van der Waals surface area contributed by atoms with Gasteiger partial charge in [0, 0.05) is 18.7 Å². The molecule has 4 rings (SSSR count). The minimum atomic E-state index is -0.910. The minimum Gasteiger partial charge on any atom is -0.436 e. The number of carbonyl (C=O) groups excluding carboxylic acids is 3. The predicted octanol–water partition coefficient (Wildman–Crippen LogP) is 3.62. The van der Waals surface area contributed by atoms with Crippen molar-refractivity contribution in [3.63, 3.8) is 0 Å². The van der Waals surface area contributed by atoms with Gasteiger partial charge in [0.1, 0.15) is 0 Å². The van der Waals surface area contributed by atoms with Crippen LogP contribution in [0.15, 0.2) is 34.9 Å². The number of nitrogens with zero attached hydrogens (tertiary/aromatic N) is 3. The Kier molecular flexibility index (Phi) is 9.05. The molecule has 0 bridgehead atoms. The summed E-state index contributed by atoms with van der Waals surface area (Å²) in [7, 11) is 0. The lowest BCUT2D eigenvalue weighted by atomic mass is 9.85. The molecule has 1 saturated heterocycles. The fourth-order valence-corrected chi connectivity index (χ4v) is 4.75. The molecule has 2 aliphatic rings. The van der Waals surface area contributed by atoms with E-state index in [4.69, 9.17) is 14.0 Å². The van der Waals surface area contributed by atoms with Crippen LogP contribution in [-0.2, 0) is 14.3 Å². The third-order valence-corrected chi connectivity index (χ3v) is 6.80. The highest BCUT2D eigenvalue weighted by atomic mass is 16.6. The van der Waals surface area contributed by atoms with Crippen LogP contribution in [0.3, 0.4) is 0 Å². The van der Waals surface area contributed by atoms with Gasteiger partial charge in [-0.05, 0) is 30.9 Å². The number of Topliss-reactive ketones (excluding diaryl/α,β-unsaturated/α-hetero) is 1. The highest BCUT2D eigenvalue weighted by Crippen LogP contribution is 2.29. The summed E-state index contributed by atoms with van der Waals surface area (Å²) in [5.74, 6) is -0.252. The number of nitrogens with one attached hydrogen (secondary N) is 1. The number of ether oxygens (including phenoxy) is 2. The molecule has 2 amide bonds. The van der Waals surface area contributed by atoms with Crippen LogP contribution in [0.2, 0.25) is 0 Å². The van der Waals surface area contributed by atoms with Crippen molar-refractivity contribution in [2.24, 2.45) is 5.92 Å². The van der Waals surface area contributed by atoms with Gasteiger partial charge in [0.2, 0.25) is 11.6 Å². The van der Waals surface area contributed by atoms with E-state index in [1.807, 2.05) is 18.2 Å². The van der Waals surface area contributed by atoms with Crippen LogP contribution < -0.4 is 5.32 Å². The molecule has 1 aromatic carbocycles. The van der Waals surface area contributed by atoms with Crippen LogP contribution in [-0.4, -0.2) is 71.3 Å². The quantitative estimate of drug-likeness (QED) is 0.520. The van der Waals surface area contributed by atoms with E-state index in [0.717, 1.165) is 25.7 Å². The summed E-state index contributed by atoms with van der Waals surface area (Å²) in [6, 6.07) is 8.21. The van der Waals surface area contributed by atoms with E-state index in [2.05, 4.69) is 15.5 Å². The van der Waals surface area contributed by atoms with Crippen molar-refractivity contribution in [1.29, 1.82) is 0 Å². The fourth-order valence-electron chi connectivity index (χ4n) is 4.75. The Bertz CT molecular complexity index is 1010. The maximum atomic E-state index is 13.2. The molecule has 1 aromatic heterocycles. The summed E-state index contributed by atoms with van der Waals surface area (Å²) in [6.45, 7) is 3.65. The van der Waals surface area contributed by atoms with Crippen LogP contribution in [0.25, 0.3) is 11.5 Å². The monoisotopic (exact) mass is 498 g/mol. The van der Waals surface area contributed by atoms with E-state index in [-0.39, 0.29) is 17.6 Å². The second kappa shape index (κ2) is 12.6. The number of morpholine rings is 1. The molecular formula is C26H34N4O6. The van der Waals surface area contributed by atoms with Gasteiger partial charge < -0.3 is 24.2 Å². The van der Waals surface area contributed by atoms with Crippen molar-refractivity contribution in [1.82, 2.24) is 20.4 Å². The summed E-state index contributed by atoms with van der Waals surface area (Å²) in [5.41, 5.74) is 0.691. The standard InChI is InChI=1S/C26H34N4O6/c1-2-20(22(31)23-28-24(36-29-23)19-11-7-4-8-12-19)27-26(33)35-21(17-18-9-5-3-6-10-18)25(32)30-13-15-34-16-14-30/h4,7-8,11-12,18,20-21H,2-3,5-6,9-10,13-17H2,1H3,(H,27,33)/t20-,21-/m0/s1. The van der Waals surface area contributed by atoms with Gasteiger partial charge >= 0.3 is 6.09 Å². The number of hydrogen-bond donors (Lipinski definition) is 1. The number of alkyl carbamates (subject to hydrolysis) is 1. The Morgan fingerprint density at radius 1 is 1.11 bits per heavy atom. The summed E-state index contributed by atoms with van der Waals surface area (Å²) in [5, 5.41) is 6.41. The molecule has 194 valence electrons. The number of aromatic nitrogens is 2. The van der Waals surface area contributed by atoms with E-state index in [1.165, 1.54) is 6.42 Å². The Balaban J connectivity index is 1.40.